The van der Waals surface area contributed by atoms with Crippen molar-refractivity contribution in [3.05, 3.63) is 35.4 Å². The van der Waals surface area contributed by atoms with Crippen LogP contribution in [0.1, 0.15) is 16.6 Å². The first kappa shape index (κ1) is 7.41. The molecule has 1 atom stereocenters. The van der Waals surface area contributed by atoms with Crippen molar-refractivity contribution in [3.8, 4) is 0 Å². The number of benzene rings is 1. The Bertz CT molecular complexity index is 275. The number of halogens is 2. The van der Waals surface area contributed by atoms with Crippen molar-refractivity contribution in [1.29, 1.82) is 0 Å². The van der Waals surface area contributed by atoms with Crippen LogP contribution in [-0.4, -0.2) is 4.42 Å². The van der Waals surface area contributed by atoms with Gasteiger partial charge in [0.25, 0.3) is 0 Å². The molecule has 11 heavy (non-hydrogen) atoms. The van der Waals surface area contributed by atoms with Crippen LogP contribution >= 0.6 is 23.4 Å². The molecule has 1 aliphatic heterocycles. The second-order valence-corrected chi connectivity index (χ2v) is 3.44. The van der Waals surface area contributed by atoms with Crippen molar-refractivity contribution in [1.82, 2.24) is 4.42 Å². The number of hydrogen-bond acceptors (Lipinski definition) is 1. The highest BCUT2D eigenvalue weighted by atomic mass is 35.5. The van der Waals surface area contributed by atoms with Crippen molar-refractivity contribution in [3.63, 3.8) is 0 Å². The summed E-state index contributed by atoms with van der Waals surface area (Å²) in [5.41, 5.74) is 2.19. The second-order valence-electron chi connectivity index (χ2n) is 2.59. The molecule has 1 aliphatic rings. The molecule has 0 saturated carbocycles. The summed E-state index contributed by atoms with van der Waals surface area (Å²) in [5.74, 6) is 0. The van der Waals surface area contributed by atoms with E-state index in [4.69, 9.17) is 23.4 Å². The minimum atomic E-state index is -0.159. The van der Waals surface area contributed by atoms with Crippen molar-refractivity contribution in [2.45, 2.75) is 12.0 Å². The van der Waals surface area contributed by atoms with Gasteiger partial charge < -0.3 is 0 Å². The smallest absolute Gasteiger partial charge is 0.125 e. The molecule has 3 heteroatoms. The quantitative estimate of drug-likeness (QED) is 0.343. The van der Waals surface area contributed by atoms with E-state index in [1.807, 2.05) is 24.3 Å². The van der Waals surface area contributed by atoms with Crippen molar-refractivity contribution < 1.29 is 0 Å². The molecule has 2 rings (SSSR count). The topological polar surface area (TPSA) is 3.24 Å². The predicted molar refractivity (Wildman–Crippen MR) is 46.4 cm³/mol. The normalized spacial score (nSPS) is 23.6. The monoisotopic (exact) mass is 187 g/mol. The van der Waals surface area contributed by atoms with Crippen LogP contribution in [0.3, 0.4) is 0 Å². The van der Waals surface area contributed by atoms with Gasteiger partial charge in [-0.1, -0.05) is 35.9 Å². The van der Waals surface area contributed by atoms with Gasteiger partial charge in [-0.05, 0) is 22.9 Å². The molecule has 0 fully saturated rings. The van der Waals surface area contributed by atoms with Gasteiger partial charge >= 0.3 is 0 Å². The standard InChI is InChI=1S/C8H7Cl2N/c9-8-7-4-2-1-3-6(7)5-11(8)10/h1-4,8H,5H2. The Balaban J connectivity index is 2.47. The summed E-state index contributed by atoms with van der Waals surface area (Å²) in [6, 6.07) is 8.03. The minimum Gasteiger partial charge on any atom is -0.194 e. The van der Waals surface area contributed by atoms with Gasteiger partial charge in [0.15, 0.2) is 0 Å². The Labute approximate surface area is 75.6 Å². The first-order valence-electron chi connectivity index (χ1n) is 3.43. The van der Waals surface area contributed by atoms with Crippen LogP contribution in [0, 0.1) is 0 Å². The molecule has 1 unspecified atom stereocenters. The Morgan fingerprint density at radius 1 is 1.36 bits per heavy atom. The van der Waals surface area contributed by atoms with E-state index >= 15 is 0 Å². The highest BCUT2D eigenvalue weighted by molar-refractivity contribution is 6.25. The molecule has 1 aromatic rings. The fraction of sp³-hybridized carbons (Fsp3) is 0.250. The molecule has 0 spiro atoms. The first-order chi connectivity index (χ1) is 5.29. The molecular weight excluding hydrogens is 181 g/mol. The summed E-state index contributed by atoms with van der Waals surface area (Å²) in [6.07, 6.45) is 0. The number of nitrogens with zero attached hydrogens (tertiary/aromatic N) is 1. The molecule has 1 nitrogen and oxygen atoms in total. The van der Waals surface area contributed by atoms with Gasteiger partial charge in [0.05, 0.1) is 0 Å². The van der Waals surface area contributed by atoms with Crippen LogP contribution in [0.15, 0.2) is 24.3 Å². The van der Waals surface area contributed by atoms with Crippen LogP contribution in [0.2, 0.25) is 0 Å². The Hall–Kier alpha value is -0.240. The highest BCUT2D eigenvalue weighted by Gasteiger charge is 2.26. The van der Waals surface area contributed by atoms with E-state index in [0.29, 0.717) is 0 Å². The van der Waals surface area contributed by atoms with Crippen molar-refractivity contribution in [2.24, 2.45) is 0 Å². The lowest BCUT2D eigenvalue weighted by molar-refractivity contribution is 0.472. The predicted octanol–water partition coefficient (Wildman–Crippen LogP) is 2.89. The van der Waals surface area contributed by atoms with E-state index in [1.54, 1.807) is 4.42 Å². The zero-order valence-corrected chi connectivity index (χ0v) is 7.31. The summed E-state index contributed by atoms with van der Waals surface area (Å²) in [7, 11) is 0. The molecule has 0 amide bonds. The minimum absolute atomic E-state index is 0.159. The molecular formula is C8H7Cl2N. The average Bonchev–Trinajstić information content (AvgIpc) is 2.30. The molecule has 1 aromatic carbocycles. The maximum atomic E-state index is 5.99. The Morgan fingerprint density at radius 3 is 2.82 bits per heavy atom. The van der Waals surface area contributed by atoms with Gasteiger partial charge in [-0.25, -0.2) is 0 Å². The zero-order chi connectivity index (χ0) is 7.84. The van der Waals surface area contributed by atoms with Crippen LogP contribution in [0.4, 0.5) is 0 Å². The molecule has 0 aromatic heterocycles. The molecule has 0 aliphatic carbocycles. The lowest BCUT2D eigenvalue weighted by atomic mass is 10.1. The largest absolute Gasteiger partial charge is 0.194 e. The van der Waals surface area contributed by atoms with Gasteiger partial charge in [-0.3, -0.25) is 0 Å². The van der Waals surface area contributed by atoms with Crippen LogP contribution < -0.4 is 0 Å². The lowest BCUT2D eigenvalue weighted by Gasteiger charge is -2.07. The maximum absolute atomic E-state index is 5.99. The van der Waals surface area contributed by atoms with Gasteiger partial charge in [0.1, 0.15) is 5.50 Å². The Kier molecular flexibility index (Phi) is 1.80. The van der Waals surface area contributed by atoms with E-state index in [2.05, 4.69) is 0 Å². The highest BCUT2D eigenvalue weighted by Crippen LogP contribution is 2.37. The van der Waals surface area contributed by atoms with Crippen molar-refractivity contribution in [2.75, 3.05) is 0 Å². The van der Waals surface area contributed by atoms with E-state index in [0.717, 1.165) is 12.1 Å². The third-order valence-electron chi connectivity index (χ3n) is 1.88. The average molecular weight is 188 g/mol. The maximum Gasteiger partial charge on any atom is 0.125 e. The zero-order valence-electron chi connectivity index (χ0n) is 5.80. The molecule has 58 valence electrons. The summed E-state index contributed by atoms with van der Waals surface area (Å²) >= 11 is 11.8. The van der Waals surface area contributed by atoms with Gasteiger partial charge in [-0.15, -0.1) is 0 Å². The van der Waals surface area contributed by atoms with Gasteiger partial charge in [0, 0.05) is 6.54 Å². The number of alkyl halides is 1. The van der Waals surface area contributed by atoms with Crippen molar-refractivity contribution >= 4 is 23.4 Å². The fourth-order valence-corrected chi connectivity index (χ4v) is 1.82. The molecule has 1 heterocycles. The summed E-state index contributed by atoms with van der Waals surface area (Å²) in [6.45, 7) is 0.742. The summed E-state index contributed by atoms with van der Waals surface area (Å²) in [4.78, 5) is 0. The van der Waals surface area contributed by atoms with Gasteiger partial charge in [0.2, 0.25) is 0 Å². The third-order valence-corrected chi connectivity index (χ3v) is 2.76. The summed E-state index contributed by atoms with van der Waals surface area (Å²) in [5, 5.41) is 0. The van der Waals surface area contributed by atoms with E-state index in [1.165, 1.54) is 5.56 Å². The Morgan fingerprint density at radius 2 is 2.09 bits per heavy atom. The summed E-state index contributed by atoms with van der Waals surface area (Å²) < 4.78 is 1.60. The molecule has 0 radical (unpaired) electrons. The second kappa shape index (κ2) is 2.67. The van der Waals surface area contributed by atoms with Crippen LogP contribution in [0.5, 0.6) is 0 Å². The SMILES string of the molecule is ClC1c2ccccc2CN1Cl. The number of rotatable bonds is 0. The first-order valence-corrected chi connectivity index (χ1v) is 4.21. The van der Waals surface area contributed by atoms with Gasteiger partial charge in [-0.2, -0.15) is 4.42 Å². The van der Waals surface area contributed by atoms with Crippen LogP contribution in [0.25, 0.3) is 0 Å². The van der Waals surface area contributed by atoms with Crippen LogP contribution in [-0.2, 0) is 6.54 Å². The lowest BCUT2D eigenvalue weighted by Crippen LogP contribution is -2.03. The van der Waals surface area contributed by atoms with E-state index in [-0.39, 0.29) is 5.50 Å². The van der Waals surface area contributed by atoms with E-state index in [9.17, 15) is 0 Å². The molecule has 0 bridgehead atoms. The molecule has 0 N–H and O–H groups in total. The van der Waals surface area contributed by atoms with E-state index < -0.39 is 0 Å². The molecule has 0 saturated heterocycles. The third kappa shape index (κ3) is 1.13. The number of hydrogen-bond donors (Lipinski definition) is 0. The fourth-order valence-electron chi connectivity index (χ4n) is 1.30. The number of fused-ring (bicyclic) bond motifs is 1.